The Kier molecular flexibility index (Phi) is 6.73. The number of benzene rings is 2. The maximum Gasteiger partial charge on any atom is 0.175 e. The molecule has 2 aromatic carbocycles. The molecule has 2 N–H and O–H groups in total. The quantitative estimate of drug-likeness (QED) is 0.401. The number of halogens is 4. The number of hydrogen-bond acceptors (Lipinski definition) is 2. The molecule has 0 aliphatic heterocycles. The summed E-state index contributed by atoms with van der Waals surface area (Å²) in [4.78, 5) is 0. The Hall–Kier alpha value is -1.50. The van der Waals surface area contributed by atoms with Gasteiger partial charge < -0.3 is 10.6 Å². The lowest BCUT2D eigenvalue weighted by Crippen LogP contribution is -2.20. The van der Waals surface area contributed by atoms with Crippen molar-refractivity contribution in [2.24, 2.45) is 0 Å². The number of anilines is 2. The second-order valence-electron chi connectivity index (χ2n) is 6.11. The van der Waals surface area contributed by atoms with Gasteiger partial charge in [0.05, 0.1) is 34.3 Å². The molecule has 0 fully saturated rings. The normalized spacial score (nSPS) is 10.8. The lowest BCUT2D eigenvalue weighted by molar-refractivity contribution is 0.659. The van der Waals surface area contributed by atoms with Gasteiger partial charge >= 0.3 is 0 Å². The topological polar surface area (TPSA) is 41.9 Å². The van der Waals surface area contributed by atoms with Gasteiger partial charge in [-0.15, -0.1) is 0 Å². The van der Waals surface area contributed by atoms with E-state index >= 15 is 0 Å². The lowest BCUT2D eigenvalue weighted by Gasteiger charge is -2.13. The van der Waals surface area contributed by atoms with E-state index in [-0.39, 0.29) is 0 Å². The highest BCUT2D eigenvalue weighted by atomic mass is 35.5. The molecule has 4 nitrogen and oxygen atoms in total. The molecule has 0 atom stereocenters. The lowest BCUT2D eigenvalue weighted by atomic mass is 10.2. The van der Waals surface area contributed by atoms with Crippen molar-refractivity contribution in [3.05, 3.63) is 73.4 Å². The minimum Gasteiger partial charge on any atom is -0.331 e. The number of thiocarbonyl (C=S) groups is 1. The van der Waals surface area contributed by atoms with E-state index in [1.165, 1.54) is 0 Å². The maximum absolute atomic E-state index is 6.29. The molecule has 0 radical (unpaired) electrons. The highest BCUT2D eigenvalue weighted by molar-refractivity contribution is 7.80. The van der Waals surface area contributed by atoms with Gasteiger partial charge in [0.1, 0.15) is 0 Å². The third-order valence-electron chi connectivity index (χ3n) is 4.17. The molecule has 1 aromatic heterocycles. The summed E-state index contributed by atoms with van der Waals surface area (Å²) < 4.78 is 1.83. The van der Waals surface area contributed by atoms with Crippen molar-refractivity contribution in [2.45, 2.75) is 20.4 Å². The van der Waals surface area contributed by atoms with Crippen LogP contribution in [0.4, 0.5) is 11.4 Å². The minimum absolute atomic E-state index is 0.380. The molecule has 28 heavy (non-hydrogen) atoms. The van der Waals surface area contributed by atoms with Crippen LogP contribution in [0.3, 0.4) is 0 Å². The average Bonchev–Trinajstić information content (AvgIpc) is 2.89. The number of rotatable bonds is 4. The first-order valence-electron chi connectivity index (χ1n) is 8.26. The van der Waals surface area contributed by atoms with Crippen LogP contribution in [0.2, 0.25) is 20.1 Å². The molecule has 9 heteroatoms. The summed E-state index contributed by atoms with van der Waals surface area (Å²) in [6.07, 6.45) is 0. The van der Waals surface area contributed by atoms with Gasteiger partial charge in [-0.05, 0) is 56.4 Å². The zero-order valence-corrected chi connectivity index (χ0v) is 18.8. The Morgan fingerprint density at radius 3 is 2.36 bits per heavy atom. The van der Waals surface area contributed by atoms with Crippen LogP contribution in [0.15, 0.2) is 36.4 Å². The van der Waals surface area contributed by atoms with Crippen LogP contribution >= 0.6 is 58.6 Å². The van der Waals surface area contributed by atoms with Crippen LogP contribution in [0.1, 0.15) is 17.0 Å². The van der Waals surface area contributed by atoms with Crippen molar-refractivity contribution in [2.75, 3.05) is 10.6 Å². The molecule has 0 bridgehead atoms. The van der Waals surface area contributed by atoms with E-state index in [0.29, 0.717) is 37.4 Å². The molecule has 0 spiro atoms. The molecule has 1 heterocycles. The largest absolute Gasteiger partial charge is 0.331 e. The first-order valence-corrected chi connectivity index (χ1v) is 10.2. The zero-order valence-electron chi connectivity index (χ0n) is 15.0. The van der Waals surface area contributed by atoms with Crippen LogP contribution in [0.5, 0.6) is 0 Å². The summed E-state index contributed by atoms with van der Waals surface area (Å²) in [5, 5.41) is 13.5. The fraction of sp³-hybridized carbons (Fsp3) is 0.158. The van der Waals surface area contributed by atoms with Crippen molar-refractivity contribution < 1.29 is 0 Å². The molecule has 0 amide bonds. The van der Waals surface area contributed by atoms with Crippen molar-refractivity contribution in [3.8, 4) is 0 Å². The van der Waals surface area contributed by atoms with Crippen LogP contribution in [-0.4, -0.2) is 14.9 Å². The number of hydrogen-bond donors (Lipinski definition) is 2. The van der Waals surface area contributed by atoms with E-state index in [9.17, 15) is 0 Å². The number of nitrogens with zero attached hydrogens (tertiary/aromatic N) is 2. The molecule has 3 rings (SSSR count). The van der Waals surface area contributed by atoms with Gasteiger partial charge in [-0.1, -0.05) is 52.5 Å². The van der Waals surface area contributed by atoms with Gasteiger partial charge in [0, 0.05) is 20.6 Å². The predicted octanol–water partition coefficient (Wildman–Crippen LogP) is 6.97. The number of aromatic nitrogens is 2. The highest BCUT2D eigenvalue weighted by Gasteiger charge is 2.16. The summed E-state index contributed by atoms with van der Waals surface area (Å²) in [7, 11) is 0. The first-order chi connectivity index (χ1) is 13.3. The van der Waals surface area contributed by atoms with Gasteiger partial charge in [0.2, 0.25) is 0 Å². The fourth-order valence-electron chi connectivity index (χ4n) is 2.73. The van der Waals surface area contributed by atoms with E-state index < -0.39 is 0 Å². The van der Waals surface area contributed by atoms with Crippen LogP contribution in [0, 0.1) is 13.8 Å². The first kappa shape index (κ1) is 21.2. The Labute approximate surface area is 188 Å². The second-order valence-corrected chi connectivity index (χ2v) is 8.17. The molecule has 146 valence electrons. The molecule has 0 saturated carbocycles. The van der Waals surface area contributed by atoms with E-state index in [1.807, 2.05) is 24.6 Å². The van der Waals surface area contributed by atoms with Gasteiger partial charge in [-0.2, -0.15) is 5.10 Å². The summed E-state index contributed by atoms with van der Waals surface area (Å²) in [5.41, 5.74) is 3.93. The molecule has 0 saturated heterocycles. The van der Waals surface area contributed by atoms with Gasteiger partial charge in [-0.25, -0.2) is 0 Å². The molecular weight excluding hydrogens is 458 g/mol. The standard InChI is InChI=1S/C19H16Cl4N4S/c1-10-18(25-19(28)24-17-8-12(20)6-7-16(17)23)11(2)27(26-10)9-13-14(21)4-3-5-15(13)22/h3-8H,9H2,1-2H3,(H2,24,25,28). The van der Waals surface area contributed by atoms with Crippen LogP contribution < -0.4 is 10.6 Å². The molecule has 3 aromatic rings. The van der Waals surface area contributed by atoms with Crippen LogP contribution in [-0.2, 0) is 6.54 Å². The van der Waals surface area contributed by atoms with E-state index in [2.05, 4.69) is 15.7 Å². The Balaban J connectivity index is 1.80. The van der Waals surface area contributed by atoms with E-state index in [1.54, 1.807) is 30.3 Å². The maximum atomic E-state index is 6.29. The van der Waals surface area contributed by atoms with Gasteiger partial charge in [0.25, 0.3) is 0 Å². The Bertz CT molecular complexity index is 1030. The minimum atomic E-state index is 0.380. The van der Waals surface area contributed by atoms with Crippen molar-refractivity contribution in [1.82, 2.24) is 9.78 Å². The zero-order chi connectivity index (χ0) is 20.4. The monoisotopic (exact) mass is 472 g/mol. The average molecular weight is 474 g/mol. The smallest absolute Gasteiger partial charge is 0.175 e. The van der Waals surface area contributed by atoms with E-state index in [0.717, 1.165) is 22.6 Å². The van der Waals surface area contributed by atoms with Gasteiger partial charge in [-0.3, -0.25) is 4.68 Å². The Morgan fingerprint density at radius 1 is 1.00 bits per heavy atom. The van der Waals surface area contributed by atoms with Crippen molar-refractivity contribution in [1.29, 1.82) is 0 Å². The van der Waals surface area contributed by atoms with Crippen molar-refractivity contribution in [3.63, 3.8) is 0 Å². The fourth-order valence-corrected chi connectivity index (χ4v) is 3.79. The van der Waals surface area contributed by atoms with Crippen LogP contribution in [0.25, 0.3) is 0 Å². The number of aryl methyl sites for hydroxylation is 1. The summed E-state index contributed by atoms with van der Waals surface area (Å²) in [6, 6.07) is 10.6. The SMILES string of the molecule is Cc1nn(Cc2c(Cl)cccc2Cl)c(C)c1NC(=S)Nc1cc(Cl)ccc1Cl. The van der Waals surface area contributed by atoms with Crippen molar-refractivity contribution >= 4 is 75.1 Å². The predicted molar refractivity (Wildman–Crippen MR) is 124 cm³/mol. The summed E-state index contributed by atoms with van der Waals surface area (Å²) in [5.74, 6) is 0. The molecule has 0 unspecified atom stereocenters. The highest BCUT2D eigenvalue weighted by Crippen LogP contribution is 2.28. The molecular formula is C19H16Cl4N4S. The third kappa shape index (κ3) is 4.73. The second kappa shape index (κ2) is 8.89. The summed E-state index contributed by atoms with van der Waals surface area (Å²) in [6.45, 7) is 4.30. The summed E-state index contributed by atoms with van der Waals surface area (Å²) >= 11 is 30.2. The number of nitrogens with one attached hydrogen (secondary N) is 2. The van der Waals surface area contributed by atoms with E-state index in [4.69, 9.17) is 58.6 Å². The Morgan fingerprint density at radius 2 is 1.68 bits per heavy atom. The third-order valence-corrected chi connectivity index (χ3v) is 5.64. The molecule has 0 aliphatic carbocycles. The van der Waals surface area contributed by atoms with Gasteiger partial charge in [0.15, 0.2) is 5.11 Å². The molecule has 0 aliphatic rings.